The number of amides is 1. The summed E-state index contributed by atoms with van der Waals surface area (Å²) in [4.78, 5) is 31.9. The predicted molar refractivity (Wildman–Crippen MR) is 91.1 cm³/mol. The van der Waals surface area contributed by atoms with E-state index in [9.17, 15) is 9.59 Å². The van der Waals surface area contributed by atoms with Crippen molar-refractivity contribution in [1.29, 1.82) is 0 Å². The van der Waals surface area contributed by atoms with Gasteiger partial charge in [0.2, 0.25) is 5.91 Å². The fourth-order valence-electron chi connectivity index (χ4n) is 3.77. The van der Waals surface area contributed by atoms with E-state index in [1.54, 1.807) is 12.1 Å². The zero-order chi connectivity index (χ0) is 17.1. The lowest BCUT2D eigenvalue weighted by atomic mass is 9.81. The number of carbonyl (C=O) groups excluding carboxylic acids is 1. The molecule has 1 N–H and O–H groups in total. The van der Waals surface area contributed by atoms with Gasteiger partial charge in [-0.25, -0.2) is 9.78 Å². The van der Waals surface area contributed by atoms with Crippen LogP contribution >= 0.6 is 0 Å². The van der Waals surface area contributed by atoms with Crippen LogP contribution in [0, 0.1) is 11.8 Å². The lowest BCUT2D eigenvalue weighted by molar-refractivity contribution is -0.137. The molecule has 2 fully saturated rings. The van der Waals surface area contributed by atoms with Crippen LogP contribution in [0.5, 0.6) is 0 Å². The molecule has 1 aromatic heterocycles. The fourth-order valence-corrected chi connectivity index (χ4v) is 3.77. The summed E-state index contributed by atoms with van der Waals surface area (Å²) in [6.07, 6.45) is 5.85. The molecule has 1 aliphatic carbocycles. The van der Waals surface area contributed by atoms with Crippen LogP contribution in [-0.4, -0.2) is 53.0 Å². The van der Waals surface area contributed by atoms with Crippen molar-refractivity contribution in [2.24, 2.45) is 11.8 Å². The number of carbonyl (C=O) groups is 2. The quantitative estimate of drug-likeness (QED) is 0.919. The minimum atomic E-state index is -0.967. The highest BCUT2D eigenvalue weighted by atomic mass is 16.4. The molecular weight excluding hydrogens is 306 g/mol. The van der Waals surface area contributed by atoms with Crippen molar-refractivity contribution in [2.45, 2.75) is 32.6 Å². The first-order valence-electron chi connectivity index (χ1n) is 8.77. The molecule has 0 radical (unpaired) electrons. The van der Waals surface area contributed by atoms with Gasteiger partial charge in [0.05, 0.1) is 5.56 Å². The number of aromatic nitrogens is 1. The highest BCUT2D eigenvalue weighted by Gasteiger charge is 2.30. The van der Waals surface area contributed by atoms with Gasteiger partial charge < -0.3 is 14.9 Å². The number of rotatable bonds is 3. The Labute approximate surface area is 142 Å². The van der Waals surface area contributed by atoms with Crippen LogP contribution in [-0.2, 0) is 4.79 Å². The Morgan fingerprint density at radius 3 is 2.50 bits per heavy atom. The van der Waals surface area contributed by atoms with Crippen LogP contribution in [0.3, 0.4) is 0 Å². The highest BCUT2D eigenvalue weighted by molar-refractivity contribution is 5.87. The lowest BCUT2D eigenvalue weighted by Crippen LogP contribution is -2.51. The smallest absolute Gasteiger partial charge is 0.337 e. The maximum absolute atomic E-state index is 12.7. The van der Waals surface area contributed by atoms with Crippen LogP contribution in [0.2, 0.25) is 0 Å². The Hall–Kier alpha value is -2.11. The van der Waals surface area contributed by atoms with Crippen molar-refractivity contribution < 1.29 is 14.7 Å². The third kappa shape index (κ3) is 3.68. The van der Waals surface area contributed by atoms with E-state index in [1.165, 1.54) is 12.6 Å². The molecule has 2 atom stereocenters. The Bertz CT molecular complexity index is 594. The van der Waals surface area contributed by atoms with Crippen molar-refractivity contribution in [3.63, 3.8) is 0 Å². The molecule has 1 saturated heterocycles. The van der Waals surface area contributed by atoms with E-state index in [1.807, 2.05) is 4.90 Å². The molecule has 0 spiro atoms. The number of hydrogen-bond acceptors (Lipinski definition) is 4. The molecule has 1 amide bonds. The van der Waals surface area contributed by atoms with E-state index < -0.39 is 5.97 Å². The minimum Gasteiger partial charge on any atom is -0.478 e. The second-order valence-electron chi connectivity index (χ2n) is 6.99. The summed E-state index contributed by atoms with van der Waals surface area (Å²) in [6, 6.07) is 3.31. The van der Waals surface area contributed by atoms with Crippen molar-refractivity contribution in [3.8, 4) is 0 Å². The SMILES string of the molecule is CC1CCCC(C(=O)N2CCN(c3ccc(C(=O)O)cn3)CC2)C1. The maximum Gasteiger partial charge on any atom is 0.337 e. The first-order valence-corrected chi connectivity index (χ1v) is 8.77. The minimum absolute atomic E-state index is 0.194. The number of nitrogens with zero attached hydrogens (tertiary/aromatic N) is 3. The zero-order valence-electron chi connectivity index (χ0n) is 14.1. The van der Waals surface area contributed by atoms with Gasteiger partial charge in [-0.1, -0.05) is 19.8 Å². The predicted octanol–water partition coefficient (Wildman–Crippen LogP) is 2.25. The topological polar surface area (TPSA) is 73.7 Å². The van der Waals surface area contributed by atoms with Crippen LogP contribution in [0.4, 0.5) is 5.82 Å². The standard InChI is InChI=1S/C18H25N3O3/c1-13-3-2-4-14(11-13)17(22)21-9-7-20(8-10-21)16-6-5-15(12-19-16)18(23)24/h5-6,12-14H,2-4,7-11H2,1H3,(H,23,24). The summed E-state index contributed by atoms with van der Waals surface area (Å²) >= 11 is 0. The molecular formula is C18H25N3O3. The Kier molecular flexibility index (Phi) is 5.02. The zero-order valence-corrected chi connectivity index (χ0v) is 14.1. The van der Waals surface area contributed by atoms with Crippen molar-refractivity contribution in [1.82, 2.24) is 9.88 Å². The Balaban J connectivity index is 1.55. The van der Waals surface area contributed by atoms with Crippen LogP contribution in [0.15, 0.2) is 18.3 Å². The molecule has 6 nitrogen and oxygen atoms in total. The Morgan fingerprint density at radius 2 is 1.92 bits per heavy atom. The molecule has 1 saturated carbocycles. The average Bonchev–Trinajstić information content (AvgIpc) is 2.61. The molecule has 2 aliphatic rings. The van der Waals surface area contributed by atoms with E-state index in [-0.39, 0.29) is 11.5 Å². The third-order valence-corrected chi connectivity index (χ3v) is 5.20. The second kappa shape index (κ2) is 7.20. The van der Waals surface area contributed by atoms with Gasteiger partial charge in [-0.15, -0.1) is 0 Å². The summed E-state index contributed by atoms with van der Waals surface area (Å²) in [7, 11) is 0. The summed E-state index contributed by atoms with van der Waals surface area (Å²) in [5.41, 5.74) is 0.194. The lowest BCUT2D eigenvalue weighted by Gasteiger charge is -2.38. The van der Waals surface area contributed by atoms with Gasteiger partial charge in [0.15, 0.2) is 0 Å². The number of piperazine rings is 1. The summed E-state index contributed by atoms with van der Waals surface area (Å²) in [5.74, 6) is 0.985. The van der Waals surface area contributed by atoms with Crippen LogP contribution in [0.25, 0.3) is 0 Å². The number of aromatic carboxylic acids is 1. The maximum atomic E-state index is 12.7. The van der Waals surface area contributed by atoms with Gasteiger partial charge in [-0.2, -0.15) is 0 Å². The molecule has 0 bridgehead atoms. The summed E-state index contributed by atoms with van der Waals surface area (Å²) in [6.45, 7) is 5.16. The number of anilines is 1. The Morgan fingerprint density at radius 1 is 1.17 bits per heavy atom. The van der Waals surface area contributed by atoms with E-state index in [0.29, 0.717) is 24.9 Å². The monoisotopic (exact) mass is 331 g/mol. The highest BCUT2D eigenvalue weighted by Crippen LogP contribution is 2.30. The first kappa shape index (κ1) is 16.7. The van der Waals surface area contributed by atoms with Gasteiger partial charge in [0.1, 0.15) is 5.82 Å². The van der Waals surface area contributed by atoms with Gasteiger partial charge in [0, 0.05) is 38.3 Å². The largest absolute Gasteiger partial charge is 0.478 e. The second-order valence-corrected chi connectivity index (χ2v) is 6.99. The average molecular weight is 331 g/mol. The number of carboxylic acids is 1. The van der Waals surface area contributed by atoms with Gasteiger partial charge in [-0.05, 0) is 30.9 Å². The molecule has 24 heavy (non-hydrogen) atoms. The van der Waals surface area contributed by atoms with Gasteiger partial charge >= 0.3 is 5.97 Å². The van der Waals surface area contributed by atoms with Crippen molar-refractivity contribution in [2.75, 3.05) is 31.1 Å². The summed E-state index contributed by atoms with van der Waals surface area (Å²) < 4.78 is 0. The van der Waals surface area contributed by atoms with Crippen molar-refractivity contribution >= 4 is 17.7 Å². The number of carboxylic acid groups (broad SMARTS) is 1. The first-order chi connectivity index (χ1) is 11.5. The van der Waals surface area contributed by atoms with E-state index in [0.717, 1.165) is 38.2 Å². The van der Waals surface area contributed by atoms with E-state index in [2.05, 4.69) is 16.8 Å². The normalized spacial score (nSPS) is 24.7. The molecule has 3 rings (SSSR count). The van der Waals surface area contributed by atoms with Gasteiger partial charge in [-0.3, -0.25) is 4.79 Å². The third-order valence-electron chi connectivity index (χ3n) is 5.20. The number of pyridine rings is 1. The molecule has 2 heterocycles. The van der Waals surface area contributed by atoms with Crippen molar-refractivity contribution in [3.05, 3.63) is 23.9 Å². The number of hydrogen-bond donors (Lipinski definition) is 1. The molecule has 130 valence electrons. The van der Waals surface area contributed by atoms with E-state index >= 15 is 0 Å². The molecule has 1 aliphatic heterocycles. The molecule has 6 heteroatoms. The van der Waals surface area contributed by atoms with Crippen LogP contribution < -0.4 is 4.90 Å². The molecule has 0 aromatic carbocycles. The van der Waals surface area contributed by atoms with E-state index in [4.69, 9.17) is 5.11 Å². The van der Waals surface area contributed by atoms with Crippen LogP contribution in [0.1, 0.15) is 43.0 Å². The molecule has 1 aromatic rings. The molecule has 2 unspecified atom stereocenters. The summed E-state index contributed by atoms with van der Waals surface area (Å²) in [5, 5.41) is 8.93. The van der Waals surface area contributed by atoms with Gasteiger partial charge in [0.25, 0.3) is 0 Å². The fraction of sp³-hybridized carbons (Fsp3) is 0.611.